The summed E-state index contributed by atoms with van der Waals surface area (Å²) in [5, 5.41) is 12.8. The van der Waals surface area contributed by atoms with Crippen molar-refractivity contribution in [3.8, 4) is 0 Å². The summed E-state index contributed by atoms with van der Waals surface area (Å²) in [7, 11) is 0. The normalized spacial score (nSPS) is 18.0. The highest BCUT2D eigenvalue weighted by Crippen LogP contribution is 2.32. The lowest BCUT2D eigenvalue weighted by Crippen LogP contribution is -2.29. The van der Waals surface area contributed by atoms with Crippen molar-refractivity contribution in [1.29, 1.82) is 0 Å². The maximum Gasteiger partial charge on any atom is 0.0706 e. The zero-order chi connectivity index (χ0) is 16.7. The number of nitrogens with zero attached hydrogens (tertiary/aromatic N) is 4. The van der Waals surface area contributed by atoms with Gasteiger partial charge in [-0.1, -0.05) is 6.07 Å². The first kappa shape index (κ1) is 15.4. The summed E-state index contributed by atoms with van der Waals surface area (Å²) in [5.74, 6) is 0. The molecule has 0 saturated heterocycles. The summed E-state index contributed by atoms with van der Waals surface area (Å²) in [6, 6.07) is 6.56. The van der Waals surface area contributed by atoms with Crippen LogP contribution < -0.4 is 5.32 Å². The molecule has 0 aliphatic heterocycles. The van der Waals surface area contributed by atoms with Crippen molar-refractivity contribution < 1.29 is 0 Å². The van der Waals surface area contributed by atoms with E-state index >= 15 is 0 Å². The van der Waals surface area contributed by atoms with Crippen molar-refractivity contribution in [2.45, 2.75) is 58.2 Å². The monoisotopic (exact) mass is 323 g/mol. The van der Waals surface area contributed by atoms with Crippen LogP contribution in [0, 0.1) is 0 Å². The van der Waals surface area contributed by atoms with Crippen LogP contribution in [0.1, 0.15) is 56.5 Å². The van der Waals surface area contributed by atoms with Crippen LogP contribution in [0.5, 0.6) is 0 Å². The average Bonchev–Trinajstić information content (AvgIpc) is 3.17. The van der Waals surface area contributed by atoms with Crippen LogP contribution >= 0.6 is 0 Å². The highest BCUT2D eigenvalue weighted by molar-refractivity contribution is 5.53. The van der Waals surface area contributed by atoms with Gasteiger partial charge in [0.1, 0.15) is 0 Å². The van der Waals surface area contributed by atoms with Gasteiger partial charge in [-0.2, -0.15) is 10.2 Å². The van der Waals surface area contributed by atoms with Gasteiger partial charge in [0.05, 0.1) is 23.4 Å². The lowest BCUT2D eigenvalue weighted by atomic mass is 9.92. The molecule has 3 heterocycles. The van der Waals surface area contributed by atoms with Gasteiger partial charge in [0, 0.05) is 35.6 Å². The number of rotatable bonds is 3. The second kappa shape index (κ2) is 5.74. The second-order valence-electron chi connectivity index (χ2n) is 7.66. The topological polar surface area (TPSA) is 47.2 Å². The first-order chi connectivity index (χ1) is 11.5. The van der Waals surface area contributed by atoms with Crippen LogP contribution in [0.2, 0.25) is 0 Å². The Labute approximate surface area is 142 Å². The molecule has 1 aliphatic carbocycles. The van der Waals surface area contributed by atoms with Gasteiger partial charge in [0.25, 0.3) is 0 Å². The molecule has 1 N–H and O–H groups in total. The Hall–Kier alpha value is -2.14. The third-order valence-electron chi connectivity index (χ3n) is 4.86. The Morgan fingerprint density at radius 1 is 1.21 bits per heavy atom. The van der Waals surface area contributed by atoms with Crippen LogP contribution in [0.25, 0.3) is 5.52 Å². The van der Waals surface area contributed by atoms with Crippen LogP contribution in [0.4, 0.5) is 0 Å². The summed E-state index contributed by atoms with van der Waals surface area (Å²) in [6.45, 7) is 7.49. The zero-order valence-corrected chi connectivity index (χ0v) is 14.7. The molecule has 0 fully saturated rings. The Kier molecular flexibility index (Phi) is 3.68. The van der Waals surface area contributed by atoms with E-state index in [-0.39, 0.29) is 5.54 Å². The highest BCUT2D eigenvalue weighted by atomic mass is 15.3. The summed E-state index contributed by atoms with van der Waals surface area (Å²) >= 11 is 0. The standard InChI is InChI=1S/C19H25N5/c1-19(2,3)24-18-9-6-7-16(15(18)13-22-24)20-11-14-12-21-23-10-5-4-8-17(14)23/h4-5,8,10,12-13,16,20H,6-7,9,11H2,1-3H3/t16-/m1/s1. The minimum Gasteiger partial charge on any atom is -0.306 e. The Morgan fingerprint density at radius 3 is 2.92 bits per heavy atom. The summed E-state index contributed by atoms with van der Waals surface area (Å²) in [5.41, 5.74) is 5.22. The number of fused-ring (bicyclic) bond motifs is 2. The fourth-order valence-corrected chi connectivity index (χ4v) is 3.70. The van der Waals surface area contributed by atoms with Gasteiger partial charge in [0.2, 0.25) is 0 Å². The van der Waals surface area contributed by atoms with E-state index in [1.165, 1.54) is 35.2 Å². The molecule has 3 aromatic heterocycles. The maximum atomic E-state index is 4.67. The van der Waals surface area contributed by atoms with Crippen LogP contribution in [-0.2, 0) is 18.5 Å². The lowest BCUT2D eigenvalue weighted by Gasteiger charge is -2.28. The van der Waals surface area contributed by atoms with Gasteiger partial charge in [0.15, 0.2) is 0 Å². The Balaban J connectivity index is 1.56. The molecule has 126 valence electrons. The maximum absolute atomic E-state index is 4.67. The first-order valence-electron chi connectivity index (χ1n) is 8.76. The quantitative estimate of drug-likeness (QED) is 0.803. The molecule has 1 aliphatic rings. The summed E-state index contributed by atoms with van der Waals surface area (Å²) < 4.78 is 4.13. The molecule has 3 aromatic rings. The molecule has 4 rings (SSSR count). The van der Waals surface area contributed by atoms with E-state index in [9.17, 15) is 0 Å². The van der Waals surface area contributed by atoms with E-state index in [0.29, 0.717) is 6.04 Å². The fraction of sp³-hybridized carbons (Fsp3) is 0.474. The van der Waals surface area contributed by atoms with Crippen LogP contribution in [0.15, 0.2) is 36.8 Å². The van der Waals surface area contributed by atoms with Crippen LogP contribution in [-0.4, -0.2) is 19.4 Å². The molecule has 0 aromatic carbocycles. The number of hydrogen-bond acceptors (Lipinski definition) is 3. The molecule has 5 heteroatoms. The van der Waals surface area contributed by atoms with E-state index in [1.54, 1.807) is 0 Å². The summed E-state index contributed by atoms with van der Waals surface area (Å²) in [6.07, 6.45) is 9.52. The number of pyridine rings is 1. The van der Waals surface area contributed by atoms with Crippen molar-refractivity contribution >= 4 is 5.52 Å². The number of hydrogen-bond donors (Lipinski definition) is 1. The molecule has 1 atom stereocenters. The van der Waals surface area contributed by atoms with Gasteiger partial charge in [-0.05, 0) is 52.2 Å². The minimum absolute atomic E-state index is 0.0396. The van der Waals surface area contributed by atoms with Crippen molar-refractivity contribution in [1.82, 2.24) is 24.7 Å². The Bertz CT molecular complexity index is 852. The lowest BCUT2D eigenvalue weighted by molar-refractivity contribution is 0.334. The van der Waals surface area contributed by atoms with Gasteiger partial charge < -0.3 is 5.32 Å². The molecule has 24 heavy (non-hydrogen) atoms. The van der Waals surface area contributed by atoms with Crippen LogP contribution in [0.3, 0.4) is 0 Å². The van der Waals surface area contributed by atoms with E-state index < -0.39 is 0 Å². The minimum atomic E-state index is 0.0396. The molecule has 0 unspecified atom stereocenters. The van der Waals surface area contributed by atoms with Gasteiger partial charge in [-0.3, -0.25) is 4.68 Å². The van der Waals surface area contributed by atoms with E-state index in [2.05, 4.69) is 59.3 Å². The molecule has 0 spiro atoms. The zero-order valence-electron chi connectivity index (χ0n) is 14.7. The van der Waals surface area contributed by atoms with Crippen molar-refractivity contribution in [3.05, 3.63) is 53.6 Å². The number of nitrogens with one attached hydrogen (secondary N) is 1. The van der Waals surface area contributed by atoms with Crippen molar-refractivity contribution in [2.75, 3.05) is 0 Å². The molecule has 0 radical (unpaired) electrons. The molecule has 0 saturated carbocycles. The first-order valence-corrected chi connectivity index (χ1v) is 8.76. The SMILES string of the molecule is CC(C)(C)n1ncc2c1CCC[C@H]2NCc1cnn2ccccc12. The smallest absolute Gasteiger partial charge is 0.0706 e. The third-order valence-corrected chi connectivity index (χ3v) is 4.86. The van der Waals surface area contributed by atoms with Crippen molar-refractivity contribution in [2.24, 2.45) is 0 Å². The Morgan fingerprint density at radius 2 is 2.08 bits per heavy atom. The predicted molar refractivity (Wildman–Crippen MR) is 94.9 cm³/mol. The van der Waals surface area contributed by atoms with E-state index in [4.69, 9.17) is 0 Å². The second-order valence-corrected chi connectivity index (χ2v) is 7.66. The van der Waals surface area contributed by atoms with Crippen molar-refractivity contribution in [3.63, 3.8) is 0 Å². The summed E-state index contributed by atoms with van der Waals surface area (Å²) in [4.78, 5) is 0. The molecule has 0 bridgehead atoms. The molecular formula is C19H25N5. The van der Waals surface area contributed by atoms with Gasteiger partial charge in [-0.15, -0.1) is 0 Å². The van der Waals surface area contributed by atoms with E-state index in [1.807, 2.05) is 23.0 Å². The average molecular weight is 323 g/mol. The highest BCUT2D eigenvalue weighted by Gasteiger charge is 2.27. The predicted octanol–water partition coefficient (Wildman–Crippen LogP) is 3.45. The van der Waals surface area contributed by atoms with E-state index in [0.717, 1.165) is 13.0 Å². The molecular weight excluding hydrogens is 298 g/mol. The fourth-order valence-electron chi connectivity index (χ4n) is 3.70. The van der Waals surface area contributed by atoms with Gasteiger partial charge in [-0.25, -0.2) is 4.52 Å². The largest absolute Gasteiger partial charge is 0.306 e. The molecule has 0 amide bonds. The number of aromatic nitrogens is 4. The molecule has 5 nitrogen and oxygen atoms in total. The third kappa shape index (κ3) is 2.63. The van der Waals surface area contributed by atoms with Gasteiger partial charge >= 0.3 is 0 Å².